The van der Waals surface area contributed by atoms with E-state index >= 15 is 0 Å². The lowest BCUT2D eigenvalue weighted by atomic mass is 10.2. The van der Waals surface area contributed by atoms with Crippen LogP contribution >= 0.6 is 15.9 Å². The van der Waals surface area contributed by atoms with Crippen molar-refractivity contribution in [2.75, 3.05) is 5.33 Å². The fourth-order valence-corrected chi connectivity index (χ4v) is 1.19. The quantitative estimate of drug-likeness (QED) is 0.743. The number of H-pyrrole nitrogens is 1. The van der Waals surface area contributed by atoms with Gasteiger partial charge in [0.25, 0.3) is 0 Å². The normalized spacial score (nSPS) is 12.0. The topological polar surface area (TPSA) is 15.8 Å². The molecular weight excluding hydrogens is 202 g/mol. The maximum atomic E-state index is 3.39. The Morgan fingerprint density at radius 2 is 2.55 bits per heavy atom. The second-order valence-corrected chi connectivity index (χ2v) is 3.24. The monoisotopic (exact) mass is 213 g/mol. The van der Waals surface area contributed by atoms with Gasteiger partial charge in [0, 0.05) is 17.2 Å². The lowest BCUT2D eigenvalue weighted by molar-refractivity contribution is 1.24. The molecule has 11 heavy (non-hydrogen) atoms. The minimum Gasteiger partial charge on any atom is -0.361 e. The first-order valence-corrected chi connectivity index (χ1v) is 4.83. The van der Waals surface area contributed by atoms with Crippen molar-refractivity contribution in [3.8, 4) is 0 Å². The molecule has 0 bridgehead atoms. The Morgan fingerprint density at radius 3 is 3.09 bits per heavy atom. The van der Waals surface area contributed by atoms with Crippen LogP contribution in [-0.4, -0.2) is 10.3 Å². The van der Waals surface area contributed by atoms with Crippen LogP contribution in [0.5, 0.6) is 0 Å². The van der Waals surface area contributed by atoms with Gasteiger partial charge >= 0.3 is 0 Å². The summed E-state index contributed by atoms with van der Waals surface area (Å²) in [5.74, 6) is 0. The molecule has 2 heteroatoms. The Labute approximate surface area is 75.6 Å². The van der Waals surface area contributed by atoms with Gasteiger partial charge in [-0.05, 0) is 31.1 Å². The number of halogens is 1. The van der Waals surface area contributed by atoms with Gasteiger partial charge in [0.15, 0.2) is 0 Å². The first-order valence-electron chi connectivity index (χ1n) is 3.71. The second kappa shape index (κ2) is 4.39. The molecule has 1 heterocycles. The summed E-state index contributed by atoms with van der Waals surface area (Å²) >= 11 is 3.39. The van der Waals surface area contributed by atoms with Crippen LogP contribution in [0.2, 0.25) is 0 Å². The molecule has 0 radical (unpaired) electrons. The molecule has 60 valence electrons. The highest BCUT2D eigenvalue weighted by Gasteiger charge is 1.92. The van der Waals surface area contributed by atoms with Crippen LogP contribution in [0.25, 0.3) is 5.57 Å². The zero-order chi connectivity index (χ0) is 8.10. The molecule has 0 aromatic carbocycles. The van der Waals surface area contributed by atoms with Crippen LogP contribution < -0.4 is 0 Å². The standard InChI is InChI=1S/C9H12BrN/c1-8(4-2-6-10)9-5-3-7-11-9/h3-5,7,11H,2,6H2,1H3/b8-4-. The Bertz CT molecular complexity index is 224. The van der Waals surface area contributed by atoms with E-state index in [2.05, 4.69) is 40.0 Å². The minimum absolute atomic E-state index is 1.03. The fourth-order valence-electron chi connectivity index (χ4n) is 0.957. The largest absolute Gasteiger partial charge is 0.361 e. The van der Waals surface area contributed by atoms with E-state index in [0.29, 0.717) is 0 Å². The number of alkyl halides is 1. The number of hydrogen-bond donors (Lipinski definition) is 1. The Balaban J connectivity index is 2.62. The van der Waals surface area contributed by atoms with Crippen LogP contribution in [0, 0.1) is 0 Å². The molecule has 1 nitrogen and oxygen atoms in total. The summed E-state index contributed by atoms with van der Waals surface area (Å²) in [6.07, 6.45) is 5.26. The summed E-state index contributed by atoms with van der Waals surface area (Å²) < 4.78 is 0. The number of aromatic amines is 1. The molecule has 0 aliphatic rings. The average Bonchev–Trinajstić information content (AvgIpc) is 2.52. The van der Waals surface area contributed by atoms with Crippen molar-refractivity contribution in [1.29, 1.82) is 0 Å². The SMILES string of the molecule is C/C(=C/CCBr)c1ccc[nH]1. The minimum atomic E-state index is 1.03. The van der Waals surface area contributed by atoms with Gasteiger partial charge in [-0.2, -0.15) is 0 Å². The van der Waals surface area contributed by atoms with E-state index in [0.717, 1.165) is 11.8 Å². The maximum Gasteiger partial charge on any atom is 0.0406 e. The van der Waals surface area contributed by atoms with Crippen molar-refractivity contribution in [3.63, 3.8) is 0 Å². The molecular formula is C9H12BrN. The molecule has 0 atom stereocenters. The van der Waals surface area contributed by atoms with Crippen molar-refractivity contribution < 1.29 is 0 Å². The van der Waals surface area contributed by atoms with Gasteiger partial charge < -0.3 is 4.98 Å². The van der Waals surface area contributed by atoms with Crippen molar-refractivity contribution in [2.45, 2.75) is 13.3 Å². The molecule has 0 saturated heterocycles. The Kier molecular flexibility index (Phi) is 3.43. The van der Waals surface area contributed by atoms with Crippen molar-refractivity contribution in [3.05, 3.63) is 30.1 Å². The van der Waals surface area contributed by atoms with Crippen molar-refractivity contribution in [1.82, 2.24) is 4.98 Å². The smallest absolute Gasteiger partial charge is 0.0406 e. The predicted octanol–water partition coefficient (Wildman–Crippen LogP) is 3.20. The van der Waals surface area contributed by atoms with E-state index in [4.69, 9.17) is 0 Å². The van der Waals surface area contributed by atoms with Crippen molar-refractivity contribution in [2.24, 2.45) is 0 Å². The molecule has 1 N–H and O–H groups in total. The molecule has 0 fully saturated rings. The third-order valence-corrected chi connectivity index (χ3v) is 2.04. The number of hydrogen-bond acceptors (Lipinski definition) is 0. The summed E-state index contributed by atoms with van der Waals surface area (Å²) in [6.45, 7) is 2.12. The zero-order valence-electron chi connectivity index (χ0n) is 6.60. The lowest BCUT2D eigenvalue weighted by Gasteiger charge is -1.95. The van der Waals surface area contributed by atoms with Crippen molar-refractivity contribution >= 4 is 21.5 Å². The highest BCUT2D eigenvalue weighted by atomic mass is 79.9. The third-order valence-electron chi connectivity index (χ3n) is 1.58. The highest BCUT2D eigenvalue weighted by molar-refractivity contribution is 9.09. The van der Waals surface area contributed by atoms with Crippen LogP contribution in [0.4, 0.5) is 0 Å². The summed E-state index contributed by atoms with van der Waals surface area (Å²) in [7, 11) is 0. The van der Waals surface area contributed by atoms with Gasteiger partial charge in [0.1, 0.15) is 0 Å². The first-order chi connectivity index (χ1) is 5.34. The number of aromatic nitrogens is 1. The summed E-state index contributed by atoms with van der Waals surface area (Å²) in [4.78, 5) is 3.16. The molecule has 1 aromatic rings. The van der Waals surface area contributed by atoms with Crippen LogP contribution in [0.1, 0.15) is 19.0 Å². The van der Waals surface area contributed by atoms with E-state index < -0.39 is 0 Å². The van der Waals surface area contributed by atoms with Gasteiger partial charge in [0.05, 0.1) is 0 Å². The summed E-state index contributed by atoms with van der Waals surface area (Å²) in [5, 5.41) is 1.03. The van der Waals surface area contributed by atoms with E-state index in [1.54, 1.807) is 0 Å². The number of rotatable bonds is 3. The van der Waals surface area contributed by atoms with E-state index in [1.165, 1.54) is 11.3 Å². The Morgan fingerprint density at radius 1 is 1.73 bits per heavy atom. The summed E-state index contributed by atoms with van der Waals surface area (Å²) in [6, 6.07) is 4.10. The van der Waals surface area contributed by atoms with Gasteiger partial charge in [0.2, 0.25) is 0 Å². The predicted molar refractivity (Wildman–Crippen MR) is 52.9 cm³/mol. The van der Waals surface area contributed by atoms with Crippen LogP contribution in [0.15, 0.2) is 24.4 Å². The molecule has 0 saturated carbocycles. The van der Waals surface area contributed by atoms with Gasteiger partial charge in [-0.25, -0.2) is 0 Å². The number of allylic oxidation sites excluding steroid dienone is 2. The Hall–Kier alpha value is -0.500. The second-order valence-electron chi connectivity index (χ2n) is 2.45. The van der Waals surface area contributed by atoms with Crippen LogP contribution in [0.3, 0.4) is 0 Å². The molecule has 0 amide bonds. The molecule has 0 aliphatic carbocycles. The molecule has 1 aromatic heterocycles. The lowest BCUT2D eigenvalue weighted by Crippen LogP contribution is -1.78. The first kappa shape index (κ1) is 8.60. The third kappa shape index (κ3) is 2.54. The maximum absolute atomic E-state index is 3.39. The van der Waals surface area contributed by atoms with Gasteiger partial charge in [-0.3, -0.25) is 0 Å². The molecule has 0 aliphatic heterocycles. The molecule has 0 unspecified atom stereocenters. The highest BCUT2D eigenvalue weighted by Crippen LogP contribution is 2.11. The van der Waals surface area contributed by atoms with Crippen LogP contribution in [-0.2, 0) is 0 Å². The fraction of sp³-hybridized carbons (Fsp3) is 0.333. The van der Waals surface area contributed by atoms with Gasteiger partial charge in [-0.1, -0.05) is 22.0 Å². The number of nitrogens with one attached hydrogen (secondary N) is 1. The van der Waals surface area contributed by atoms with E-state index in [1.807, 2.05) is 12.3 Å². The summed E-state index contributed by atoms with van der Waals surface area (Å²) in [5.41, 5.74) is 2.53. The van der Waals surface area contributed by atoms with Gasteiger partial charge in [-0.15, -0.1) is 0 Å². The van der Waals surface area contributed by atoms with E-state index in [9.17, 15) is 0 Å². The van der Waals surface area contributed by atoms with E-state index in [-0.39, 0.29) is 0 Å². The molecule has 1 rings (SSSR count). The molecule has 0 spiro atoms. The average molecular weight is 214 g/mol. The zero-order valence-corrected chi connectivity index (χ0v) is 8.19.